The predicted molar refractivity (Wildman–Crippen MR) is 135 cm³/mol. The second kappa shape index (κ2) is 11.1. The smallest absolute Gasteiger partial charge is 0.338 e. The van der Waals surface area contributed by atoms with E-state index in [1.165, 1.54) is 0 Å². The lowest BCUT2D eigenvalue weighted by Crippen LogP contribution is -2.47. The molecule has 2 aromatic rings. The van der Waals surface area contributed by atoms with Gasteiger partial charge in [0.1, 0.15) is 0 Å². The van der Waals surface area contributed by atoms with E-state index in [1.54, 1.807) is 0 Å². The topological polar surface area (TPSA) is 70.7 Å². The highest BCUT2D eigenvalue weighted by Gasteiger charge is 2.34. The second-order valence-electron chi connectivity index (χ2n) is 8.45. The Hall–Kier alpha value is -3.19. The minimum Gasteiger partial charge on any atom is -0.462 e. The van der Waals surface area contributed by atoms with Crippen LogP contribution in [-0.2, 0) is 20.7 Å². The van der Waals surface area contributed by atoms with Crippen LogP contribution in [0, 0.1) is 5.92 Å². The van der Waals surface area contributed by atoms with Gasteiger partial charge in [0.05, 0.1) is 24.6 Å². The molecule has 33 heavy (non-hydrogen) atoms. The fourth-order valence-corrected chi connectivity index (χ4v) is 4.16. The first-order chi connectivity index (χ1) is 15.8. The highest BCUT2D eigenvalue weighted by atomic mass is 32.1. The highest BCUT2D eigenvalue weighted by molar-refractivity contribution is 7.80. The normalized spacial score (nSPS) is 16.0. The molecule has 6 nitrogen and oxygen atoms in total. The lowest BCUT2D eigenvalue weighted by atomic mass is 9.94. The molecule has 3 rings (SSSR count). The molecule has 0 saturated carbocycles. The second-order valence-corrected chi connectivity index (χ2v) is 8.84. The summed E-state index contributed by atoms with van der Waals surface area (Å²) in [5.74, 6) is -0.236. The highest BCUT2D eigenvalue weighted by Crippen LogP contribution is 2.32. The average molecular weight is 466 g/mol. The van der Waals surface area contributed by atoms with Gasteiger partial charge in [0.15, 0.2) is 5.11 Å². The number of carbonyl (C=O) groups excluding carboxylic acids is 2. The fraction of sp³-hybridized carbons (Fsp3) is 0.346. The van der Waals surface area contributed by atoms with E-state index in [2.05, 4.69) is 10.6 Å². The number of benzene rings is 2. The van der Waals surface area contributed by atoms with Crippen molar-refractivity contribution in [2.45, 2.75) is 40.2 Å². The van der Waals surface area contributed by atoms with Gasteiger partial charge in [-0.05, 0) is 55.2 Å². The van der Waals surface area contributed by atoms with Gasteiger partial charge >= 0.3 is 5.97 Å². The molecule has 0 aromatic heterocycles. The summed E-state index contributed by atoms with van der Waals surface area (Å²) in [5.41, 5.74) is 3.73. The molecule has 0 spiro atoms. The standard InChI is InChI=1S/C26H31N3O3S/c1-5-29-18(4)23(25(31)32-16-17(2)3)24(28-26(29)33)20-12-9-13-21(15-20)27-22(30)14-19-10-7-6-8-11-19/h6-13,15,17,24H,5,14,16H2,1-4H3,(H,27,30)(H,28,33). The summed E-state index contributed by atoms with van der Waals surface area (Å²) < 4.78 is 5.58. The van der Waals surface area contributed by atoms with Crippen LogP contribution in [0.3, 0.4) is 0 Å². The minimum atomic E-state index is -0.467. The average Bonchev–Trinajstić information content (AvgIpc) is 2.78. The van der Waals surface area contributed by atoms with Gasteiger partial charge in [-0.15, -0.1) is 0 Å². The third kappa shape index (κ3) is 6.20. The zero-order valence-corrected chi connectivity index (χ0v) is 20.4. The number of allylic oxidation sites excluding steroid dienone is 1. The van der Waals surface area contributed by atoms with Crippen LogP contribution in [0.15, 0.2) is 65.9 Å². The number of anilines is 1. The Morgan fingerprint density at radius 2 is 1.88 bits per heavy atom. The molecule has 0 saturated heterocycles. The van der Waals surface area contributed by atoms with E-state index in [0.717, 1.165) is 16.8 Å². The first-order valence-corrected chi connectivity index (χ1v) is 11.6. The van der Waals surface area contributed by atoms with Gasteiger partial charge < -0.3 is 20.3 Å². The molecular weight excluding hydrogens is 434 g/mol. The molecule has 1 amide bonds. The Kier molecular flexibility index (Phi) is 8.22. The molecule has 0 radical (unpaired) electrons. The van der Waals surface area contributed by atoms with Crippen molar-refractivity contribution in [3.05, 3.63) is 77.0 Å². The van der Waals surface area contributed by atoms with Crippen LogP contribution in [0.2, 0.25) is 0 Å². The molecule has 1 aliphatic heterocycles. The van der Waals surface area contributed by atoms with Crippen LogP contribution in [-0.4, -0.2) is 35.0 Å². The van der Waals surface area contributed by atoms with E-state index in [0.29, 0.717) is 29.5 Å². The minimum absolute atomic E-state index is 0.106. The third-order valence-corrected chi connectivity index (χ3v) is 5.73. The van der Waals surface area contributed by atoms with E-state index in [1.807, 2.05) is 87.2 Å². The van der Waals surface area contributed by atoms with Crippen LogP contribution in [0.1, 0.15) is 44.9 Å². The lowest BCUT2D eigenvalue weighted by Gasteiger charge is -2.37. The van der Waals surface area contributed by atoms with Gasteiger partial charge in [-0.2, -0.15) is 0 Å². The summed E-state index contributed by atoms with van der Waals surface area (Å²) >= 11 is 5.56. The number of hydrogen-bond acceptors (Lipinski definition) is 4. The van der Waals surface area contributed by atoms with Gasteiger partial charge in [-0.25, -0.2) is 4.79 Å². The van der Waals surface area contributed by atoms with E-state index in [9.17, 15) is 9.59 Å². The van der Waals surface area contributed by atoms with Crippen LogP contribution in [0.25, 0.3) is 0 Å². The van der Waals surface area contributed by atoms with Gasteiger partial charge in [-0.1, -0.05) is 56.3 Å². The molecule has 1 heterocycles. The summed E-state index contributed by atoms with van der Waals surface area (Å²) in [5, 5.41) is 6.80. The summed E-state index contributed by atoms with van der Waals surface area (Å²) in [6.07, 6.45) is 0.286. The van der Waals surface area contributed by atoms with E-state index in [-0.39, 0.29) is 24.2 Å². The number of esters is 1. The predicted octanol–water partition coefficient (Wildman–Crippen LogP) is 4.59. The Labute approximate surface area is 201 Å². The van der Waals surface area contributed by atoms with E-state index >= 15 is 0 Å². The monoisotopic (exact) mass is 465 g/mol. The van der Waals surface area contributed by atoms with Crippen molar-refractivity contribution in [3.8, 4) is 0 Å². The van der Waals surface area contributed by atoms with Gasteiger partial charge in [0.2, 0.25) is 5.91 Å². The Bertz CT molecular complexity index is 1050. The van der Waals surface area contributed by atoms with Crippen molar-refractivity contribution in [1.82, 2.24) is 10.2 Å². The van der Waals surface area contributed by atoms with Crippen molar-refractivity contribution in [3.63, 3.8) is 0 Å². The Morgan fingerprint density at radius 1 is 1.15 bits per heavy atom. The molecule has 1 atom stereocenters. The molecule has 0 aliphatic carbocycles. The summed E-state index contributed by atoms with van der Waals surface area (Å²) in [6.45, 7) is 8.86. The summed E-state index contributed by atoms with van der Waals surface area (Å²) in [6, 6.07) is 16.6. The largest absolute Gasteiger partial charge is 0.462 e. The number of carbonyl (C=O) groups is 2. The summed E-state index contributed by atoms with van der Waals surface area (Å²) in [4.78, 5) is 27.5. The molecule has 1 aliphatic rings. The van der Waals surface area contributed by atoms with Crippen molar-refractivity contribution in [2.75, 3.05) is 18.5 Å². The van der Waals surface area contributed by atoms with Crippen LogP contribution < -0.4 is 10.6 Å². The molecule has 0 bridgehead atoms. The fourth-order valence-electron chi connectivity index (χ4n) is 3.78. The number of nitrogens with zero attached hydrogens (tertiary/aromatic N) is 1. The lowest BCUT2D eigenvalue weighted by molar-refractivity contribution is -0.140. The van der Waals surface area contributed by atoms with Crippen molar-refractivity contribution in [1.29, 1.82) is 0 Å². The third-order valence-electron chi connectivity index (χ3n) is 5.39. The number of hydrogen-bond donors (Lipinski definition) is 2. The molecule has 2 aromatic carbocycles. The Morgan fingerprint density at radius 3 is 2.55 bits per heavy atom. The van der Waals surface area contributed by atoms with Crippen LogP contribution >= 0.6 is 12.2 Å². The quantitative estimate of drug-likeness (QED) is 0.439. The Balaban J connectivity index is 1.86. The zero-order chi connectivity index (χ0) is 24.0. The number of rotatable bonds is 8. The van der Waals surface area contributed by atoms with Gasteiger partial charge in [0, 0.05) is 17.9 Å². The molecule has 7 heteroatoms. The molecule has 174 valence electrons. The van der Waals surface area contributed by atoms with Gasteiger partial charge in [0.25, 0.3) is 0 Å². The molecule has 2 N–H and O–H groups in total. The maximum Gasteiger partial charge on any atom is 0.338 e. The maximum absolute atomic E-state index is 13.1. The van der Waals surface area contributed by atoms with Gasteiger partial charge in [-0.3, -0.25) is 4.79 Å². The SMILES string of the molecule is CCN1C(=S)NC(c2cccc(NC(=O)Cc3ccccc3)c2)C(C(=O)OCC(C)C)=C1C. The summed E-state index contributed by atoms with van der Waals surface area (Å²) in [7, 11) is 0. The first kappa shape index (κ1) is 24.5. The zero-order valence-electron chi connectivity index (χ0n) is 19.6. The molecular formula is C26H31N3O3S. The van der Waals surface area contributed by atoms with Crippen LogP contribution in [0.5, 0.6) is 0 Å². The molecule has 0 fully saturated rings. The number of ether oxygens (including phenoxy) is 1. The van der Waals surface area contributed by atoms with E-state index < -0.39 is 6.04 Å². The van der Waals surface area contributed by atoms with Crippen LogP contribution in [0.4, 0.5) is 5.69 Å². The van der Waals surface area contributed by atoms with Crippen molar-refractivity contribution in [2.24, 2.45) is 5.92 Å². The van der Waals surface area contributed by atoms with E-state index in [4.69, 9.17) is 17.0 Å². The number of thiocarbonyl (C=S) groups is 1. The van der Waals surface area contributed by atoms with Crippen molar-refractivity contribution < 1.29 is 14.3 Å². The number of amides is 1. The first-order valence-electron chi connectivity index (χ1n) is 11.2. The maximum atomic E-state index is 13.1. The number of nitrogens with one attached hydrogen (secondary N) is 2. The van der Waals surface area contributed by atoms with Crippen molar-refractivity contribution >= 4 is 34.9 Å². The molecule has 1 unspecified atom stereocenters.